The fourth-order valence-electron chi connectivity index (χ4n) is 2.23. The molecule has 0 aliphatic carbocycles. The first-order valence-electron chi connectivity index (χ1n) is 6.36. The van der Waals surface area contributed by atoms with E-state index in [1.807, 2.05) is 0 Å². The summed E-state index contributed by atoms with van der Waals surface area (Å²) in [4.78, 5) is 0. The molecule has 0 aromatic heterocycles. The zero-order valence-corrected chi connectivity index (χ0v) is 13.6. The molecule has 1 heteroatoms. The second-order valence-corrected chi connectivity index (χ2v) is 6.26. The van der Waals surface area contributed by atoms with Gasteiger partial charge in [0.2, 0.25) is 0 Å². The lowest BCUT2D eigenvalue weighted by atomic mass is 9.94. The quantitative estimate of drug-likeness (QED) is 0.610. The average molecular weight is 350 g/mol. The van der Waals surface area contributed by atoms with Gasteiger partial charge in [0.1, 0.15) is 0 Å². The third kappa shape index (κ3) is 2.61. The van der Waals surface area contributed by atoms with Gasteiger partial charge in [0.15, 0.2) is 0 Å². The maximum absolute atomic E-state index is 2.49. The van der Waals surface area contributed by atoms with Crippen molar-refractivity contribution >= 4 is 22.6 Å². The standard InChI is InChI=1S/C17H19I/c1-11(2)14-6-5-7-15(17(14)18)16-10-12(3)8-9-13(16)4/h5-11H,1-4H3. The van der Waals surface area contributed by atoms with Crippen LogP contribution in [-0.4, -0.2) is 0 Å². The van der Waals surface area contributed by atoms with E-state index in [0.29, 0.717) is 5.92 Å². The largest absolute Gasteiger partial charge is 0.0613 e. The van der Waals surface area contributed by atoms with Crippen LogP contribution in [0.1, 0.15) is 36.5 Å². The van der Waals surface area contributed by atoms with E-state index in [1.165, 1.54) is 31.4 Å². The van der Waals surface area contributed by atoms with Crippen LogP contribution in [0, 0.1) is 17.4 Å². The minimum absolute atomic E-state index is 0.571. The van der Waals surface area contributed by atoms with Crippen molar-refractivity contribution in [1.29, 1.82) is 0 Å². The summed E-state index contributed by atoms with van der Waals surface area (Å²) in [5, 5.41) is 0. The molecular weight excluding hydrogens is 331 g/mol. The van der Waals surface area contributed by atoms with E-state index in [9.17, 15) is 0 Å². The molecule has 0 spiro atoms. The van der Waals surface area contributed by atoms with Gasteiger partial charge in [-0.3, -0.25) is 0 Å². The number of halogens is 1. The first kappa shape index (κ1) is 13.6. The van der Waals surface area contributed by atoms with E-state index in [4.69, 9.17) is 0 Å². The van der Waals surface area contributed by atoms with Gasteiger partial charge in [-0.2, -0.15) is 0 Å². The van der Waals surface area contributed by atoms with Crippen molar-refractivity contribution in [2.45, 2.75) is 33.6 Å². The van der Waals surface area contributed by atoms with Crippen molar-refractivity contribution in [3.05, 3.63) is 56.7 Å². The maximum Gasteiger partial charge on any atom is 0.0243 e. The highest BCUT2D eigenvalue weighted by Crippen LogP contribution is 2.33. The topological polar surface area (TPSA) is 0 Å². The number of rotatable bonds is 2. The Balaban J connectivity index is 2.64. The third-order valence-electron chi connectivity index (χ3n) is 3.33. The normalized spacial score (nSPS) is 11.0. The van der Waals surface area contributed by atoms with E-state index in [1.54, 1.807) is 0 Å². The lowest BCUT2D eigenvalue weighted by Crippen LogP contribution is -1.95. The minimum Gasteiger partial charge on any atom is -0.0613 e. The second-order valence-electron chi connectivity index (χ2n) is 5.18. The number of aryl methyl sites for hydroxylation is 2. The van der Waals surface area contributed by atoms with Crippen LogP contribution in [0.25, 0.3) is 11.1 Å². The molecule has 2 aromatic rings. The highest BCUT2D eigenvalue weighted by atomic mass is 127. The average Bonchev–Trinajstić information content (AvgIpc) is 2.32. The summed E-state index contributed by atoms with van der Waals surface area (Å²) in [5.74, 6) is 0.571. The van der Waals surface area contributed by atoms with Crippen LogP contribution in [0.15, 0.2) is 36.4 Å². The Morgan fingerprint density at radius 3 is 2.33 bits per heavy atom. The lowest BCUT2D eigenvalue weighted by Gasteiger charge is -2.15. The summed E-state index contributed by atoms with van der Waals surface area (Å²) in [5.41, 5.74) is 6.83. The molecule has 0 aliphatic rings. The van der Waals surface area contributed by atoms with Crippen molar-refractivity contribution < 1.29 is 0 Å². The first-order chi connectivity index (χ1) is 8.50. The van der Waals surface area contributed by atoms with Gasteiger partial charge in [-0.25, -0.2) is 0 Å². The third-order valence-corrected chi connectivity index (χ3v) is 4.54. The maximum atomic E-state index is 2.49. The van der Waals surface area contributed by atoms with Gasteiger partial charge in [0.25, 0.3) is 0 Å². The molecule has 0 bridgehead atoms. The van der Waals surface area contributed by atoms with Gasteiger partial charge in [-0.15, -0.1) is 0 Å². The summed E-state index contributed by atoms with van der Waals surface area (Å²) < 4.78 is 1.39. The molecule has 0 amide bonds. The van der Waals surface area contributed by atoms with Gasteiger partial charge in [-0.1, -0.05) is 55.8 Å². The highest BCUT2D eigenvalue weighted by Gasteiger charge is 2.11. The molecular formula is C17H19I. The predicted molar refractivity (Wildman–Crippen MR) is 88.2 cm³/mol. The summed E-state index contributed by atoms with van der Waals surface area (Å²) in [6, 6.07) is 13.3. The Kier molecular flexibility index (Phi) is 4.10. The summed E-state index contributed by atoms with van der Waals surface area (Å²) in [6.07, 6.45) is 0. The van der Waals surface area contributed by atoms with Gasteiger partial charge in [-0.05, 0) is 64.6 Å². The molecule has 0 nitrogen and oxygen atoms in total. The molecule has 0 unspecified atom stereocenters. The van der Waals surface area contributed by atoms with Crippen molar-refractivity contribution in [3.63, 3.8) is 0 Å². The number of hydrogen-bond donors (Lipinski definition) is 0. The molecule has 0 N–H and O–H groups in total. The molecule has 0 radical (unpaired) electrons. The van der Waals surface area contributed by atoms with Crippen molar-refractivity contribution in [1.82, 2.24) is 0 Å². The fourth-order valence-corrected chi connectivity index (χ4v) is 3.50. The van der Waals surface area contributed by atoms with Crippen LogP contribution < -0.4 is 0 Å². The summed E-state index contributed by atoms with van der Waals surface area (Å²) in [7, 11) is 0. The molecule has 0 fully saturated rings. The molecule has 94 valence electrons. The molecule has 0 heterocycles. The Bertz CT molecular complexity index is 568. The fraction of sp³-hybridized carbons (Fsp3) is 0.294. The Morgan fingerprint density at radius 1 is 0.944 bits per heavy atom. The molecule has 0 saturated carbocycles. The summed E-state index contributed by atoms with van der Waals surface area (Å²) >= 11 is 2.49. The van der Waals surface area contributed by atoms with Crippen molar-refractivity contribution in [2.24, 2.45) is 0 Å². The van der Waals surface area contributed by atoms with Gasteiger partial charge in [0, 0.05) is 3.57 Å². The Hall–Kier alpha value is -0.830. The zero-order valence-electron chi connectivity index (χ0n) is 11.4. The van der Waals surface area contributed by atoms with E-state index in [-0.39, 0.29) is 0 Å². The molecule has 2 aromatic carbocycles. The SMILES string of the molecule is Cc1ccc(C)c(-c2cccc(C(C)C)c2I)c1. The highest BCUT2D eigenvalue weighted by molar-refractivity contribution is 14.1. The summed E-state index contributed by atoms with van der Waals surface area (Å²) in [6.45, 7) is 8.85. The van der Waals surface area contributed by atoms with E-state index >= 15 is 0 Å². The van der Waals surface area contributed by atoms with Gasteiger partial charge >= 0.3 is 0 Å². The van der Waals surface area contributed by atoms with Crippen LogP contribution in [-0.2, 0) is 0 Å². The van der Waals surface area contributed by atoms with E-state index < -0.39 is 0 Å². The van der Waals surface area contributed by atoms with Crippen molar-refractivity contribution in [2.75, 3.05) is 0 Å². The van der Waals surface area contributed by atoms with Crippen molar-refractivity contribution in [3.8, 4) is 11.1 Å². The van der Waals surface area contributed by atoms with Crippen LogP contribution >= 0.6 is 22.6 Å². The van der Waals surface area contributed by atoms with Gasteiger partial charge < -0.3 is 0 Å². The lowest BCUT2D eigenvalue weighted by molar-refractivity contribution is 0.861. The molecule has 0 saturated heterocycles. The minimum atomic E-state index is 0.571. The van der Waals surface area contributed by atoms with E-state index in [2.05, 4.69) is 86.7 Å². The second kappa shape index (κ2) is 5.43. The van der Waals surface area contributed by atoms with Crippen LogP contribution in [0.4, 0.5) is 0 Å². The molecule has 0 atom stereocenters. The van der Waals surface area contributed by atoms with Crippen LogP contribution in [0.3, 0.4) is 0 Å². The zero-order chi connectivity index (χ0) is 13.3. The van der Waals surface area contributed by atoms with Crippen LogP contribution in [0.2, 0.25) is 0 Å². The Morgan fingerprint density at radius 2 is 1.67 bits per heavy atom. The molecule has 0 aliphatic heterocycles. The van der Waals surface area contributed by atoms with E-state index in [0.717, 1.165) is 0 Å². The smallest absolute Gasteiger partial charge is 0.0243 e. The predicted octanol–water partition coefficient (Wildman–Crippen LogP) is 5.70. The molecule has 18 heavy (non-hydrogen) atoms. The van der Waals surface area contributed by atoms with Gasteiger partial charge in [0.05, 0.1) is 0 Å². The number of benzene rings is 2. The molecule has 2 rings (SSSR count). The first-order valence-corrected chi connectivity index (χ1v) is 7.44. The Labute approximate surface area is 124 Å². The van der Waals surface area contributed by atoms with Crippen LogP contribution in [0.5, 0.6) is 0 Å². The number of hydrogen-bond acceptors (Lipinski definition) is 0. The monoisotopic (exact) mass is 350 g/mol.